The lowest BCUT2D eigenvalue weighted by Crippen LogP contribution is -2.46. The van der Waals surface area contributed by atoms with E-state index in [2.05, 4.69) is 9.88 Å². The quantitative estimate of drug-likeness (QED) is 0.793. The second kappa shape index (κ2) is 5.25. The van der Waals surface area contributed by atoms with Crippen LogP contribution in [-0.2, 0) is 4.74 Å². The maximum atomic E-state index is 11.3. The van der Waals surface area contributed by atoms with E-state index in [0.717, 1.165) is 31.8 Å². The summed E-state index contributed by atoms with van der Waals surface area (Å²) in [4.78, 5) is 17.6. The molecule has 1 aliphatic heterocycles. The Morgan fingerprint density at radius 2 is 2.41 bits per heavy atom. The van der Waals surface area contributed by atoms with Gasteiger partial charge < -0.3 is 10.5 Å². The van der Waals surface area contributed by atoms with Crippen LogP contribution in [0.1, 0.15) is 21.8 Å². The third-order valence-corrected chi connectivity index (χ3v) is 3.13. The summed E-state index contributed by atoms with van der Waals surface area (Å²) < 4.78 is 5.02. The number of nitrogens with two attached hydrogens (primary N) is 1. The molecule has 0 spiro atoms. The molecule has 1 fully saturated rings. The molecule has 0 unspecified atom stereocenters. The third-order valence-electron chi connectivity index (χ3n) is 3.13. The minimum absolute atomic E-state index is 0.364. The maximum absolute atomic E-state index is 11.3. The highest BCUT2D eigenvalue weighted by Crippen LogP contribution is 2.28. The van der Waals surface area contributed by atoms with Gasteiger partial charge in [-0.2, -0.15) is 0 Å². The number of carbonyl (C=O) groups excluding carboxylic acids is 1. The zero-order chi connectivity index (χ0) is 12.3. The SMILES string of the molecule is COCCN1CC(c2cnccc2C(N)=O)C1. The molecule has 5 heteroatoms. The first-order valence-electron chi connectivity index (χ1n) is 5.67. The van der Waals surface area contributed by atoms with Crippen molar-refractivity contribution in [2.45, 2.75) is 5.92 Å². The van der Waals surface area contributed by atoms with E-state index in [1.165, 1.54) is 0 Å². The van der Waals surface area contributed by atoms with Gasteiger partial charge in [-0.05, 0) is 11.6 Å². The first kappa shape index (κ1) is 12.0. The molecule has 0 radical (unpaired) electrons. The summed E-state index contributed by atoms with van der Waals surface area (Å²) in [6, 6.07) is 1.69. The van der Waals surface area contributed by atoms with E-state index in [1.54, 1.807) is 25.6 Å². The van der Waals surface area contributed by atoms with Crippen LogP contribution >= 0.6 is 0 Å². The van der Waals surface area contributed by atoms with Gasteiger partial charge in [-0.3, -0.25) is 14.7 Å². The Kier molecular flexibility index (Phi) is 3.71. The summed E-state index contributed by atoms with van der Waals surface area (Å²) in [6.07, 6.45) is 3.35. The molecular weight excluding hydrogens is 218 g/mol. The van der Waals surface area contributed by atoms with Gasteiger partial charge in [0.2, 0.25) is 5.91 Å². The Hall–Kier alpha value is -1.46. The van der Waals surface area contributed by atoms with E-state index >= 15 is 0 Å². The number of ether oxygens (including phenoxy) is 1. The number of carbonyl (C=O) groups is 1. The van der Waals surface area contributed by atoms with Gasteiger partial charge in [0.15, 0.2) is 0 Å². The minimum atomic E-state index is -0.377. The molecule has 1 saturated heterocycles. The van der Waals surface area contributed by atoms with Gasteiger partial charge in [0.1, 0.15) is 0 Å². The highest BCUT2D eigenvalue weighted by Gasteiger charge is 2.30. The van der Waals surface area contributed by atoms with E-state index in [-0.39, 0.29) is 5.91 Å². The summed E-state index contributed by atoms with van der Waals surface area (Å²) >= 11 is 0. The third kappa shape index (κ3) is 2.62. The standard InChI is InChI=1S/C12H17N3O2/c1-17-5-4-15-7-9(8-15)11-6-14-3-2-10(11)12(13)16/h2-3,6,9H,4-5,7-8H2,1H3,(H2,13,16). The zero-order valence-electron chi connectivity index (χ0n) is 9.93. The fourth-order valence-electron chi connectivity index (χ4n) is 2.13. The molecule has 0 aromatic carbocycles. The van der Waals surface area contributed by atoms with E-state index in [4.69, 9.17) is 10.5 Å². The van der Waals surface area contributed by atoms with E-state index in [1.807, 2.05) is 0 Å². The van der Waals surface area contributed by atoms with E-state index in [9.17, 15) is 4.79 Å². The number of hydrogen-bond acceptors (Lipinski definition) is 4. The highest BCUT2D eigenvalue weighted by atomic mass is 16.5. The fourth-order valence-corrected chi connectivity index (χ4v) is 2.13. The smallest absolute Gasteiger partial charge is 0.249 e. The van der Waals surface area contributed by atoms with Crippen molar-refractivity contribution < 1.29 is 9.53 Å². The van der Waals surface area contributed by atoms with Crippen LogP contribution in [0.4, 0.5) is 0 Å². The number of hydrogen-bond donors (Lipinski definition) is 1. The summed E-state index contributed by atoms with van der Waals surface area (Å²) in [5.41, 5.74) is 6.91. The normalized spacial score (nSPS) is 16.8. The molecule has 0 bridgehead atoms. The molecule has 1 aliphatic rings. The van der Waals surface area contributed by atoms with Crippen molar-refractivity contribution >= 4 is 5.91 Å². The summed E-state index contributed by atoms with van der Waals surface area (Å²) in [6.45, 7) is 3.55. The molecule has 2 N–H and O–H groups in total. The van der Waals surface area contributed by atoms with Gasteiger partial charge in [-0.25, -0.2) is 0 Å². The average molecular weight is 235 g/mol. The summed E-state index contributed by atoms with van der Waals surface area (Å²) in [7, 11) is 1.70. The first-order chi connectivity index (χ1) is 8.22. The number of aromatic nitrogens is 1. The van der Waals surface area contributed by atoms with Crippen molar-refractivity contribution in [3.05, 3.63) is 29.6 Å². The van der Waals surface area contributed by atoms with Crippen LogP contribution in [0, 0.1) is 0 Å². The molecule has 2 heterocycles. The van der Waals surface area contributed by atoms with Gasteiger partial charge in [0.05, 0.1) is 6.61 Å². The number of likely N-dealkylation sites (tertiary alicyclic amines) is 1. The van der Waals surface area contributed by atoms with E-state index in [0.29, 0.717) is 11.5 Å². The van der Waals surface area contributed by atoms with E-state index < -0.39 is 0 Å². The van der Waals surface area contributed by atoms with Crippen LogP contribution in [0.2, 0.25) is 0 Å². The lowest BCUT2D eigenvalue weighted by molar-refractivity contribution is 0.0919. The second-order valence-corrected chi connectivity index (χ2v) is 4.28. The van der Waals surface area contributed by atoms with Gasteiger partial charge in [-0.1, -0.05) is 0 Å². The van der Waals surface area contributed by atoms with Gasteiger partial charge in [0, 0.05) is 50.6 Å². The number of nitrogens with zero attached hydrogens (tertiary/aromatic N) is 2. The molecule has 0 atom stereocenters. The molecule has 0 saturated carbocycles. The monoisotopic (exact) mass is 235 g/mol. The van der Waals surface area contributed by atoms with Crippen LogP contribution < -0.4 is 5.73 Å². The van der Waals surface area contributed by atoms with Crippen molar-refractivity contribution in [3.8, 4) is 0 Å². The van der Waals surface area contributed by atoms with Crippen LogP contribution in [0.15, 0.2) is 18.5 Å². The summed E-state index contributed by atoms with van der Waals surface area (Å²) in [5, 5.41) is 0. The Bertz CT molecular complexity index is 402. The molecule has 17 heavy (non-hydrogen) atoms. The molecule has 1 aromatic rings. The zero-order valence-corrected chi connectivity index (χ0v) is 9.93. The Morgan fingerprint density at radius 1 is 1.65 bits per heavy atom. The van der Waals surface area contributed by atoms with Crippen molar-refractivity contribution in [2.75, 3.05) is 33.4 Å². The highest BCUT2D eigenvalue weighted by molar-refractivity contribution is 5.94. The topological polar surface area (TPSA) is 68.4 Å². The van der Waals surface area contributed by atoms with Crippen LogP contribution in [0.25, 0.3) is 0 Å². The number of amides is 1. The molecular formula is C12H17N3O2. The minimum Gasteiger partial charge on any atom is -0.383 e. The largest absolute Gasteiger partial charge is 0.383 e. The molecule has 0 aliphatic carbocycles. The van der Waals surface area contributed by atoms with Gasteiger partial charge in [0.25, 0.3) is 0 Å². The Balaban J connectivity index is 1.99. The molecule has 2 rings (SSSR count). The molecule has 92 valence electrons. The van der Waals surface area contributed by atoms with Gasteiger partial charge >= 0.3 is 0 Å². The Morgan fingerprint density at radius 3 is 3.06 bits per heavy atom. The summed E-state index contributed by atoms with van der Waals surface area (Å²) in [5.74, 6) is -0.0132. The number of primary amides is 1. The number of pyridine rings is 1. The average Bonchev–Trinajstić information content (AvgIpc) is 2.27. The van der Waals surface area contributed by atoms with Gasteiger partial charge in [-0.15, -0.1) is 0 Å². The predicted octanol–water partition coefficient (Wildman–Crippen LogP) is 0.226. The van der Waals surface area contributed by atoms with Crippen LogP contribution in [-0.4, -0.2) is 49.1 Å². The molecule has 5 nitrogen and oxygen atoms in total. The lowest BCUT2D eigenvalue weighted by Gasteiger charge is -2.39. The second-order valence-electron chi connectivity index (χ2n) is 4.28. The first-order valence-corrected chi connectivity index (χ1v) is 5.67. The van der Waals surface area contributed by atoms with Crippen LogP contribution in [0.5, 0.6) is 0 Å². The maximum Gasteiger partial charge on any atom is 0.249 e. The predicted molar refractivity (Wildman–Crippen MR) is 63.8 cm³/mol. The molecule has 1 amide bonds. The van der Waals surface area contributed by atoms with Crippen molar-refractivity contribution in [3.63, 3.8) is 0 Å². The van der Waals surface area contributed by atoms with Crippen molar-refractivity contribution in [1.82, 2.24) is 9.88 Å². The number of methoxy groups -OCH3 is 1. The van der Waals surface area contributed by atoms with Crippen LogP contribution in [0.3, 0.4) is 0 Å². The van der Waals surface area contributed by atoms with Crippen molar-refractivity contribution in [2.24, 2.45) is 5.73 Å². The molecule has 1 aromatic heterocycles. The number of rotatable bonds is 5. The fraction of sp³-hybridized carbons (Fsp3) is 0.500. The Labute approximate surface area is 101 Å². The lowest BCUT2D eigenvalue weighted by atomic mass is 9.89. The van der Waals surface area contributed by atoms with Crippen molar-refractivity contribution in [1.29, 1.82) is 0 Å².